The van der Waals surface area contributed by atoms with Crippen LogP contribution in [0.15, 0.2) is 176 Å². The van der Waals surface area contributed by atoms with Crippen LogP contribution in [0.4, 0.5) is 0 Å². The Morgan fingerprint density at radius 3 is 1.82 bits per heavy atom. The lowest BCUT2D eigenvalue weighted by atomic mass is 9.65. The lowest BCUT2D eigenvalue weighted by Gasteiger charge is -2.40. The van der Waals surface area contributed by atoms with E-state index < -0.39 is 5.41 Å². The third-order valence-corrected chi connectivity index (χ3v) is 11.8. The lowest BCUT2D eigenvalue weighted by molar-refractivity contribution is 0.442. The van der Waals surface area contributed by atoms with E-state index in [4.69, 9.17) is 4.74 Å². The molecule has 0 saturated carbocycles. The van der Waals surface area contributed by atoms with Crippen molar-refractivity contribution >= 4 is 10.8 Å². The Hall–Kier alpha value is -6.18. The fraction of sp³-hybridized carbons (Fsp3) is 0.0612. The molecule has 1 heteroatoms. The van der Waals surface area contributed by atoms with Crippen molar-refractivity contribution in [2.45, 2.75) is 17.8 Å². The second kappa shape index (κ2) is 9.94. The highest BCUT2D eigenvalue weighted by Crippen LogP contribution is 2.64. The molecule has 0 fully saturated rings. The molecule has 1 aliphatic heterocycles. The Balaban J connectivity index is 1.22. The summed E-state index contributed by atoms with van der Waals surface area (Å²) in [5.41, 5.74) is 15.8. The molecule has 3 aliphatic rings. The maximum atomic E-state index is 7.04. The highest BCUT2D eigenvalue weighted by molar-refractivity contribution is 5.98. The van der Waals surface area contributed by atoms with Crippen LogP contribution in [0.2, 0.25) is 0 Å². The first-order chi connectivity index (χ1) is 24.7. The zero-order valence-corrected chi connectivity index (χ0v) is 27.7. The molecule has 8 aromatic rings. The van der Waals surface area contributed by atoms with Gasteiger partial charge in [0.15, 0.2) is 0 Å². The Bertz CT molecular complexity index is 2660. The summed E-state index contributed by atoms with van der Waals surface area (Å²) in [6, 6.07) is 64.9. The molecule has 1 unspecified atom stereocenters. The number of benzene rings is 8. The largest absolute Gasteiger partial charge is 0.456 e. The monoisotopic (exact) mass is 636 g/mol. The summed E-state index contributed by atoms with van der Waals surface area (Å²) >= 11 is 0. The van der Waals surface area contributed by atoms with E-state index in [9.17, 15) is 0 Å². The number of hydrogen-bond donors (Lipinski definition) is 0. The SMILES string of the molecule is CC1(c2ccccc2)c2ccccc2-c2c(-c3ccc4c(c3)C3(c5ccccc5-c5ccccc53)c3ccc5ccccc5c3O4)cccc21. The minimum atomic E-state index is -0.537. The number of ether oxygens (including phenoxy) is 1. The normalized spacial score (nSPS) is 16.9. The van der Waals surface area contributed by atoms with Crippen molar-refractivity contribution < 1.29 is 4.74 Å². The van der Waals surface area contributed by atoms with Crippen molar-refractivity contribution in [3.63, 3.8) is 0 Å². The molecule has 50 heavy (non-hydrogen) atoms. The van der Waals surface area contributed by atoms with Gasteiger partial charge >= 0.3 is 0 Å². The van der Waals surface area contributed by atoms with E-state index >= 15 is 0 Å². The van der Waals surface area contributed by atoms with E-state index in [1.807, 2.05) is 0 Å². The smallest absolute Gasteiger partial charge is 0.140 e. The molecule has 11 rings (SSSR count). The molecule has 0 N–H and O–H groups in total. The molecule has 1 atom stereocenters. The summed E-state index contributed by atoms with van der Waals surface area (Å²) in [5, 5.41) is 2.32. The van der Waals surface area contributed by atoms with Crippen molar-refractivity contribution in [3.05, 3.63) is 215 Å². The van der Waals surface area contributed by atoms with Crippen LogP contribution in [0.5, 0.6) is 11.5 Å². The Kier molecular flexibility index (Phi) is 5.51. The molecule has 0 radical (unpaired) electrons. The maximum absolute atomic E-state index is 7.04. The van der Waals surface area contributed by atoms with Crippen molar-refractivity contribution in [2.75, 3.05) is 0 Å². The van der Waals surface area contributed by atoms with E-state index in [0.717, 1.165) is 16.9 Å². The third kappa shape index (κ3) is 3.37. The van der Waals surface area contributed by atoms with Gasteiger partial charge in [0.25, 0.3) is 0 Å². The minimum Gasteiger partial charge on any atom is -0.456 e. The van der Waals surface area contributed by atoms with Gasteiger partial charge in [-0.05, 0) is 85.6 Å². The van der Waals surface area contributed by atoms with E-state index in [1.165, 1.54) is 77.7 Å². The molecule has 0 amide bonds. The lowest BCUT2D eigenvalue weighted by Crippen LogP contribution is -2.32. The molecular formula is C49H32O. The van der Waals surface area contributed by atoms with Gasteiger partial charge in [-0.2, -0.15) is 0 Å². The van der Waals surface area contributed by atoms with Crippen LogP contribution in [0.25, 0.3) is 44.2 Å². The standard InChI is InChI=1S/C49H32O/c1-48(33-15-3-2-4-16-33)39-22-10-9-20-38(39)46-34(21-13-25-42(46)48)32-27-29-45-44(30-32)49(43-28-26-31-14-5-6-17-35(31)47(43)50-45)40-23-11-7-18-36(40)37-19-8-12-24-41(37)49/h2-30H,1H3. The first-order valence-corrected chi connectivity index (χ1v) is 17.5. The highest BCUT2D eigenvalue weighted by Gasteiger charge is 2.51. The van der Waals surface area contributed by atoms with Gasteiger partial charge in [0.1, 0.15) is 11.5 Å². The second-order valence-electron chi connectivity index (χ2n) is 14.1. The molecule has 1 heterocycles. The summed E-state index contributed by atoms with van der Waals surface area (Å²) in [5.74, 6) is 1.86. The average Bonchev–Trinajstić information content (AvgIpc) is 3.63. The van der Waals surface area contributed by atoms with E-state index in [2.05, 4.69) is 183 Å². The van der Waals surface area contributed by atoms with Crippen LogP contribution in [-0.4, -0.2) is 0 Å². The predicted octanol–water partition coefficient (Wildman–Crippen LogP) is 12.3. The topological polar surface area (TPSA) is 9.23 Å². The Morgan fingerprint density at radius 2 is 1.04 bits per heavy atom. The quantitative estimate of drug-likeness (QED) is 0.183. The van der Waals surface area contributed by atoms with Crippen molar-refractivity contribution in [1.82, 2.24) is 0 Å². The Morgan fingerprint density at radius 1 is 0.420 bits per heavy atom. The zero-order valence-electron chi connectivity index (χ0n) is 27.7. The number of fused-ring (bicyclic) bond motifs is 14. The molecule has 1 nitrogen and oxygen atoms in total. The molecule has 1 spiro atoms. The summed E-state index contributed by atoms with van der Waals surface area (Å²) in [6.45, 7) is 2.39. The van der Waals surface area contributed by atoms with Gasteiger partial charge in [-0.3, -0.25) is 0 Å². The van der Waals surface area contributed by atoms with Gasteiger partial charge < -0.3 is 4.74 Å². The molecule has 0 bridgehead atoms. The van der Waals surface area contributed by atoms with E-state index in [0.29, 0.717) is 0 Å². The van der Waals surface area contributed by atoms with E-state index in [-0.39, 0.29) is 5.41 Å². The van der Waals surface area contributed by atoms with Gasteiger partial charge in [-0.1, -0.05) is 164 Å². The van der Waals surface area contributed by atoms with Crippen LogP contribution in [0, 0.1) is 0 Å². The zero-order chi connectivity index (χ0) is 33.0. The van der Waals surface area contributed by atoms with Crippen LogP contribution in [0.1, 0.15) is 45.9 Å². The van der Waals surface area contributed by atoms with Crippen LogP contribution in [-0.2, 0) is 10.8 Å². The number of hydrogen-bond acceptors (Lipinski definition) is 1. The molecular weight excluding hydrogens is 605 g/mol. The average molecular weight is 637 g/mol. The summed E-state index contributed by atoms with van der Waals surface area (Å²) in [7, 11) is 0. The van der Waals surface area contributed by atoms with Crippen LogP contribution >= 0.6 is 0 Å². The molecule has 0 saturated heterocycles. The van der Waals surface area contributed by atoms with Crippen LogP contribution < -0.4 is 4.74 Å². The predicted molar refractivity (Wildman–Crippen MR) is 204 cm³/mol. The van der Waals surface area contributed by atoms with Crippen LogP contribution in [0.3, 0.4) is 0 Å². The molecule has 234 valence electrons. The van der Waals surface area contributed by atoms with Gasteiger partial charge in [-0.15, -0.1) is 0 Å². The highest BCUT2D eigenvalue weighted by atomic mass is 16.5. The van der Waals surface area contributed by atoms with Gasteiger partial charge in [0, 0.05) is 21.9 Å². The number of rotatable bonds is 2. The molecule has 8 aromatic carbocycles. The third-order valence-electron chi connectivity index (χ3n) is 11.8. The first-order valence-electron chi connectivity index (χ1n) is 17.5. The fourth-order valence-corrected chi connectivity index (χ4v) is 9.66. The van der Waals surface area contributed by atoms with Gasteiger partial charge in [-0.25, -0.2) is 0 Å². The van der Waals surface area contributed by atoms with Gasteiger partial charge in [0.2, 0.25) is 0 Å². The van der Waals surface area contributed by atoms with Gasteiger partial charge in [0.05, 0.1) is 5.41 Å². The minimum absolute atomic E-state index is 0.259. The second-order valence-corrected chi connectivity index (χ2v) is 14.1. The first kappa shape index (κ1) is 27.7. The van der Waals surface area contributed by atoms with Crippen molar-refractivity contribution in [2.24, 2.45) is 0 Å². The summed E-state index contributed by atoms with van der Waals surface area (Å²) < 4.78 is 7.04. The summed E-state index contributed by atoms with van der Waals surface area (Å²) in [6.07, 6.45) is 0. The maximum Gasteiger partial charge on any atom is 0.140 e. The molecule has 0 aromatic heterocycles. The van der Waals surface area contributed by atoms with Crippen molar-refractivity contribution in [3.8, 4) is 44.9 Å². The molecule has 2 aliphatic carbocycles. The van der Waals surface area contributed by atoms with Crippen molar-refractivity contribution in [1.29, 1.82) is 0 Å². The van der Waals surface area contributed by atoms with E-state index in [1.54, 1.807) is 0 Å². The fourth-order valence-electron chi connectivity index (χ4n) is 9.66. The summed E-state index contributed by atoms with van der Waals surface area (Å²) in [4.78, 5) is 0. The Labute approximate surface area is 292 Å².